The van der Waals surface area contributed by atoms with Gasteiger partial charge in [-0.05, 0) is 62.9 Å². The van der Waals surface area contributed by atoms with Crippen LogP contribution in [0.25, 0.3) is 0 Å². The fraction of sp³-hybridized carbons (Fsp3) is 0.417. The van der Waals surface area contributed by atoms with Crippen LogP contribution in [-0.4, -0.2) is 35.9 Å². The number of hydrogen-bond acceptors (Lipinski definition) is 3. The predicted octanol–water partition coefficient (Wildman–Crippen LogP) is 3.93. The van der Waals surface area contributed by atoms with Gasteiger partial charge in [-0.25, -0.2) is 0 Å². The Morgan fingerprint density at radius 3 is 2.34 bits per heavy atom. The van der Waals surface area contributed by atoms with Gasteiger partial charge < -0.3 is 15.0 Å². The number of aryl methyl sites for hydroxylation is 3. The standard InChI is InChI=1S/C24H32N2O3/c1-6-13-25-24(28)20(5)26(15-21-10-7-17(2)8-11-21)23(27)16-29-22-12-9-18(3)19(4)14-22/h7-12,14,20H,6,13,15-16H2,1-5H3,(H,25,28). The third kappa shape index (κ3) is 6.63. The number of ether oxygens (including phenoxy) is 1. The molecular weight excluding hydrogens is 364 g/mol. The van der Waals surface area contributed by atoms with Crippen LogP contribution in [0.4, 0.5) is 0 Å². The summed E-state index contributed by atoms with van der Waals surface area (Å²) in [5.74, 6) is 0.279. The maximum absolute atomic E-state index is 13.0. The molecule has 0 aliphatic heterocycles. The van der Waals surface area contributed by atoms with E-state index >= 15 is 0 Å². The van der Waals surface area contributed by atoms with E-state index in [1.807, 2.05) is 70.2 Å². The first kappa shape index (κ1) is 22.5. The number of amides is 2. The Kier molecular flexibility index (Phi) is 8.25. The lowest BCUT2D eigenvalue weighted by Crippen LogP contribution is -2.49. The third-order valence-electron chi connectivity index (χ3n) is 5.03. The van der Waals surface area contributed by atoms with Gasteiger partial charge in [-0.3, -0.25) is 9.59 Å². The molecule has 1 unspecified atom stereocenters. The summed E-state index contributed by atoms with van der Waals surface area (Å²) in [5, 5.41) is 2.88. The van der Waals surface area contributed by atoms with Crippen LogP contribution in [0, 0.1) is 20.8 Å². The quantitative estimate of drug-likeness (QED) is 0.699. The zero-order valence-corrected chi connectivity index (χ0v) is 18.1. The summed E-state index contributed by atoms with van der Waals surface area (Å²) in [4.78, 5) is 27.1. The summed E-state index contributed by atoms with van der Waals surface area (Å²) < 4.78 is 5.73. The minimum Gasteiger partial charge on any atom is -0.484 e. The Hall–Kier alpha value is -2.82. The van der Waals surface area contributed by atoms with E-state index in [0.29, 0.717) is 18.8 Å². The molecule has 0 aromatic heterocycles. The fourth-order valence-corrected chi connectivity index (χ4v) is 2.90. The summed E-state index contributed by atoms with van der Waals surface area (Å²) in [6.07, 6.45) is 0.847. The molecule has 2 rings (SSSR count). The number of carbonyl (C=O) groups excluding carboxylic acids is 2. The molecule has 29 heavy (non-hydrogen) atoms. The van der Waals surface area contributed by atoms with Crippen LogP contribution in [0.1, 0.15) is 42.5 Å². The zero-order valence-electron chi connectivity index (χ0n) is 18.1. The van der Waals surface area contributed by atoms with Crippen molar-refractivity contribution in [2.75, 3.05) is 13.2 Å². The van der Waals surface area contributed by atoms with Gasteiger partial charge in [-0.15, -0.1) is 0 Å². The number of rotatable bonds is 9. The monoisotopic (exact) mass is 396 g/mol. The van der Waals surface area contributed by atoms with Gasteiger partial charge >= 0.3 is 0 Å². The van der Waals surface area contributed by atoms with Crippen molar-refractivity contribution in [3.05, 3.63) is 64.7 Å². The maximum Gasteiger partial charge on any atom is 0.261 e. The second-order valence-corrected chi connectivity index (χ2v) is 7.51. The zero-order chi connectivity index (χ0) is 21.4. The van der Waals surface area contributed by atoms with Gasteiger partial charge in [-0.1, -0.05) is 42.8 Å². The molecule has 156 valence electrons. The van der Waals surface area contributed by atoms with E-state index in [0.717, 1.165) is 23.1 Å². The van der Waals surface area contributed by atoms with Crippen LogP contribution in [0.2, 0.25) is 0 Å². The van der Waals surface area contributed by atoms with Crippen molar-refractivity contribution in [3.8, 4) is 5.75 Å². The lowest BCUT2D eigenvalue weighted by Gasteiger charge is -2.28. The van der Waals surface area contributed by atoms with E-state index < -0.39 is 6.04 Å². The molecule has 0 saturated carbocycles. The minimum absolute atomic E-state index is 0.111. The van der Waals surface area contributed by atoms with Crippen molar-refractivity contribution < 1.29 is 14.3 Å². The van der Waals surface area contributed by atoms with Gasteiger partial charge in [0.05, 0.1) is 0 Å². The Morgan fingerprint density at radius 2 is 1.72 bits per heavy atom. The van der Waals surface area contributed by atoms with Gasteiger partial charge in [0.15, 0.2) is 6.61 Å². The molecule has 0 spiro atoms. The highest BCUT2D eigenvalue weighted by Crippen LogP contribution is 2.17. The molecule has 5 nitrogen and oxygen atoms in total. The van der Waals surface area contributed by atoms with E-state index in [1.54, 1.807) is 11.8 Å². The van der Waals surface area contributed by atoms with E-state index in [-0.39, 0.29) is 18.4 Å². The van der Waals surface area contributed by atoms with E-state index in [9.17, 15) is 9.59 Å². The Labute approximate surface area is 174 Å². The first-order chi connectivity index (χ1) is 13.8. The molecule has 0 saturated heterocycles. The molecule has 1 N–H and O–H groups in total. The van der Waals surface area contributed by atoms with Crippen molar-refractivity contribution >= 4 is 11.8 Å². The predicted molar refractivity (Wildman–Crippen MR) is 116 cm³/mol. The average molecular weight is 397 g/mol. The molecule has 5 heteroatoms. The van der Waals surface area contributed by atoms with Crippen molar-refractivity contribution in [3.63, 3.8) is 0 Å². The summed E-state index contributed by atoms with van der Waals surface area (Å²) >= 11 is 0. The van der Waals surface area contributed by atoms with Crippen LogP contribution in [0.15, 0.2) is 42.5 Å². The van der Waals surface area contributed by atoms with Crippen LogP contribution in [0.3, 0.4) is 0 Å². The van der Waals surface area contributed by atoms with Crippen LogP contribution >= 0.6 is 0 Å². The SMILES string of the molecule is CCCNC(=O)C(C)N(Cc1ccc(C)cc1)C(=O)COc1ccc(C)c(C)c1. The highest BCUT2D eigenvalue weighted by Gasteiger charge is 2.26. The molecule has 0 aliphatic rings. The number of nitrogens with zero attached hydrogens (tertiary/aromatic N) is 1. The van der Waals surface area contributed by atoms with Crippen molar-refractivity contribution in [2.45, 2.75) is 53.6 Å². The second kappa shape index (κ2) is 10.6. The summed E-state index contributed by atoms with van der Waals surface area (Å²) in [7, 11) is 0. The smallest absolute Gasteiger partial charge is 0.261 e. The second-order valence-electron chi connectivity index (χ2n) is 7.51. The molecule has 0 radical (unpaired) electrons. The topological polar surface area (TPSA) is 58.6 Å². The normalized spacial score (nSPS) is 11.6. The van der Waals surface area contributed by atoms with E-state index in [4.69, 9.17) is 4.74 Å². The average Bonchev–Trinajstić information content (AvgIpc) is 2.71. The molecule has 2 aromatic carbocycles. The maximum atomic E-state index is 13.0. The van der Waals surface area contributed by atoms with Crippen LogP contribution in [0.5, 0.6) is 5.75 Å². The van der Waals surface area contributed by atoms with Crippen molar-refractivity contribution in [2.24, 2.45) is 0 Å². The van der Waals surface area contributed by atoms with Gasteiger partial charge in [0.25, 0.3) is 5.91 Å². The summed E-state index contributed by atoms with van der Waals surface area (Å²) in [6, 6.07) is 13.1. The molecule has 2 amide bonds. The lowest BCUT2D eigenvalue weighted by molar-refractivity contribution is -0.142. The van der Waals surface area contributed by atoms with E-state index in [2.05, 4.69) is 5.32 Å². The van der Waals surface area contributed by atoms with Crippen molar-refractivity contribution in [1.29, 1.82) is 0 Å². The van der Waals surface area contributed by atoms with Crippen LogP contribution < -0.4 is 10.1 Å². The number of nitrogens with one attached hydrogen (secondary N) is 1. The Balaban J connectivity index is 2.13. The summed E-state index contributed by atoms with van der Waals surface area (Å²) in [6.45, 7) is 10.7. The van der Waals surface area contributed by atoms with Crippen molar-refractivity contribution in [1.82, 2.24) is 10.2 Å². The molecule has 2 aromatic rings. The molecule has 0 heterocycles. The van der Waals surface area contributed by atoms with Gasteiger partial charge in [0, 0.05) is 13.1 Å². The minimum atomic E-state index is -0.585. The van der Waals surface area contributed by atoms with Crippen LogP contribution in [-0.2, 0) is 16.1 Å². The van der Waals surface area contributed by atoms with Gasteiger partial charge in [0.2, 0.25) is 5.91 Å². The molecule has 0 bridgehead atoms. The van der Waals surface area contributed by atoms with E-state index in [1.165, 1.54) is 5.56 Å². The number of benzene rings is 2. The molecular formula is C24H32N2O3. The number of carbonyl (C=O) groups is 2. The summed E-state index contributed by atoms with van der Waals surface area (Å²) in [5.41, 5.74) is 4.41. The van der Waals surface area contributed by atoms with Gasteiger partial charge in [0.1, 0.15) is 11.8 Å². The Bertz CT molecular complexity index is 831. The largest absolute Gasteiger partial charge is 0.484 e. The molecule has 0 aliphatic carbocycles. The Morgan fingerprint density at radius 1 is 1.03 bits per heavy atom. The third-order valence-corrected chi connectivity index (χ3v) is 5.03. The first-order valence-electron chi connectivity index (χ1n) is 10.1. The molecule has 0 fully saturated rings. The highest BCUT2D eigenvalue weighted by atomic mass is 16.5. The number of hydrogen-bond donors (Lipinski definition) is 1. The van der Waals surface area contributed by atoms with Gasteiger partial charge in [-0.2, -0.15) is 0 Å². The molecule has 1 atom stereocenters. The fourth-order valence-electron chi connectivity index (χ4n) is 2.90. The lowest BCUT2D eigenvalue weighted by atomic mass is 10.1. The first-order valence-corrected chi connectivity index (χ1v) is 10.1. The highest BCUT2D eigenvalue weighted by molar-refractivity contribution is 5.87.